The van der Waals surface area contributed by atoms with Crippen molar-refractivity contribution < 1.29 is 65.4 Å². The molecule has 4 aromatic rings. The minimum atomic E-state index is 0. The molecule has 138 valence electrons. The van der Waals surface area contributed by atoms with Gasteiger partial charge in [0.15, 0.2) is 0 Å². The van der Waals surface area contributed by atoms with E-state index < -0.39 is 0 Å². The summed E-state index contributed by atoms with van der Waals surface area (Å²) in [6, 6.07) is 36.1. The molecule has 0 saturated heterocycles. The molecule has 2 heteroatoms. The van der Waals surface area contributed by atoms with Crippen LogP contribution in [-0.4, -0.2) is 0 Å². The summed E-state index contributed by atoms with van der Waals surface area (Å²) in [5.41, 5.74) is 5.34. The molecular formula is C26H24Y2-4. The SMILES string of the molecule is [CH3-].[CH3-].[Y].[Y].[c-]1ccc(Cc2ccc3cc(Cc4cc[c-]cc4)ccc3c2)cc1. The number of rotatable bonds is 4. The van der Waals surface area contributed by atoms with Crippen molar-refractivity contribution in [2.45, 2.75) is 12.8 Å². The van der Waals surface area contributed by atoms with E-state index in [1.165, 1.54) is 33.0 Å². The predicted molar refractivity (Wildman–Crippen MR) is 113 cm³/mol. The molecule has 0 aliphatic carbocycles. The van der Waals surface area contributed by atoms with Crippen molar-refractivity contribution in [3.05, 3.63) is 134 Å². The Hall–Kier alpha value is -0.652. The van der Waals surface area contributed by atoms with E-state index >= 15 is 0 Å². The summed E-state index contributed by atoms with van der Waals surface area (Å²) in [5, 5.41) is 2.61. The van der Waals surface area contributed by atoms with Crippen molar-refractivity contribution in [3.8, 4) is 0 Å². The molecule has 0 heterocycles. The minimum Gasteiger partial charge on any atom is -0.358 e. The van der Waals surface area contributed by atoms with Crippen LogP contribution in [0.4, 0.5) is 0 Å². The van der Waals surface area contributed by atoms with Crippen LogP contribution in [0.15, 0.2) is 84.9 Å². The Balaban J connectivity index is 0.00000182. The molecule has 0 atom stereocenters. The van der Waals surface area contributed by atoms with Gasteiger partial charge in [-0.15, -0.1) is 0 Å². The van der Waals surface area contributed by atoms with Gasteiger partial charge in [0.1, 0.15) is 0 Å². The predicted octanol–water partition coefficient (Wildman–Crippen LogP) is 6.52. The summed E-state index contributed by atoms with van der Waals surface area (Å²) in [6.07, 6.45) is 1.93. The maximum Gasteiger partial charge on any atom is 0 e. The molecule has 0 saturated carbocycles. The van der Waals surface area contributed by atoms with E-state index in [1.807, 2.05) is 24.3 Å². The van der Waals surface area contributed by atoms with Crippen LogP contribution >= 0.6 is 0 Å². The second kappa shape index (κ2) is 13.5. The first-order chi connectivity index (χ1) is 11.9. The minimum absolute atomic E-state index is 0. The molecule has 28 heavy (non-hydrogen) atoms. The normalized spacial score (nSPS) is 9.29. The molecule has 0 aliphatic heterocycles. The van der Waals surface area contributed by atoms with Crippen LogP contribution in [0.25, 0.3) is 10.8 Å². The van der Waals surface area contributed by atoms with Crippen LogP contribution in [0, 0.1) is 27.0 Å². The van der Waals surface area contributed by atoms with Gasteiger partial charge < -0.3 is 14.9 Å². The van der Waals surface area contributed by atoms with Gasteiger partial charge in [0.2, 0.25) is 0 Å². The maximum absolute atomic E-state index is 3.07. The number of benzene rings is 4. The monoisotopic (exact) mass is 514 g/mol. The largest absolute Gasteiger partial charge is 0.358 e. The van der Waals surface area contributed by atoms with Gasteiger partial charge in [-0.1, -0.05) is 36.4 Å². The summed E-state index contributed by atoms with van der Waals surface area (Å²) in [5.74, 6) is 0. The maximum atomic E-state index is 3.07. The van der Waals surface area contributed by atoms with Gasteiger partial charge >= 0.3 is 0 Å². The van der Waals surface area contributed by atoms with Crippen molar-refractivity contribution in [2.24, 2.45) is 0 Å². The molecule has 0 aliphatic rings. The molecule has 0 amide bonds. The van der Waals surface area contributed by atoms with E-state index in [-0.39, 0.29) is 80.3 Å². The van der Waals surface area contributed by atoms with Crippen molar-refractivity contribution in [3.63, 3.8) is 0 Å². The van der Waals surface area contributed by atoms with E-state index in [2.05, 4.69) is 72.8 Å². The Morgan fingerprint density at radius 3 is 1.18 bits per heavy atom. The summed E-state index contributed by atoms with van der Waals surface area (Å²) in [7, 11) is 0. The van der Waals surface area contributed by atoms with Crippen molar-refractivity contribution in [1.29, 1.82) is 0 Å². The molecular weight excluding hydrogens is 490 g/mol. The third-order valence-corrected chi connectivity index (χ3v) is 4.36. The quantitative estimate of drug-likeness (QED) is 0.272. The average molecular weight is 514 g/mol. The van der Waals surface area contributed by atoms with Crippen LogP contribution in [-0.2, 0) is 78.3 Å². The fourth-order valence-electron chi connectivity index (χ4n) is 3.11. The van der Waals surface area contributed by atoms with E-state index in [0.717, 1.165) is 12.8 Å². The molecule has 0 spiro atoms. The molecule has 0 unspecified atom stereocenters. The van der Waals surface area contributed by atoms with E-state index in [9.17, 15) is 0 Å². The standard InChI is InChI=1S/C24H18.2CH3.2Y/c1-3-7-19(8-4-1)15-21-11-13-24-18-22(12-14-23(24)17-21)16-20-9-5-2-6-10-20;;;;/h3-14,17-18H,15-16H2;2*1H3;;/q-2;2*-1;;. The fourth-order valence-corrected chi connectivity index (χ4v) is 3.11. The van der Waals surface area contributed by atoms with Gasteiger partial charge in [0, 0.05) is 65.4 Å². The van der Waals surface area contributed by atoms with Crippen molar-refractivity contribution in [1.82, 2.24) is 0 Å². The first kappa shape index (κ1) is 27.3. The molecule has 2 radical (unpaired) electrons. The zero-order valence-electron chi connectivity index (χ0n) is 16.7. The fraction of sp³-hybridized carbons (Fsp3) is 0.0769. The first-order valence-electron chi connectivity index (χ1n) is 8.28. The summed E-state index contributed by atoms with van der Waals surface area (Å²) in [6.45, 7) is 0. The van der Waals surface area contributed by atoms with Crippen molar-refractivity contribution in [2.75, 3.05) is 0 Å². The second-order valence-electron chi connectivity index (χ2n) is 6.19. The zero-order valence-corrected chi connectivity index (χ0v) is 22.3. The molecule has 0 nitrogen and oxygen atoms in total. The van der Waals surface area contributed by atoms with Crippen molar-refractivity contribution >= 4 is 10.8 Å². The molecule has 0 aromatic heterocycles. The summed E-state index contributed by atoms with van der Waals surface area (Å²) < 4.78 is 0. The third kappa shape index (κ3) is 7.31. The number of hydrogen-bond donors (Lipinski definition) is 0. The van der Waals surface area contributed by atoms with Crippen LogP contribution in [0.2, 0.25) is 0 Å². The van der Waals surface area contributed by atoms with Gasteiger partial charge in [0.25, 0.3) is 0 Å². The van der Waals surface area contributed by atoms with Gasteiger partial charge in [-0.3, -0.25) is 0 Å². The molecule has 4 aromatic carbocycles. The Morgan fingerprint density at radius 1 is 0.464 bits per heavy atom. The summed E-state index contributed by atoms with van der Waals surface area (Å²) in [4.78, 5) is 0. The Morgan fingerprint density at radius 2 is 0.821 bits per heavy atom. The van der Waals surface area contributed by atoms with Gasteiger partial charge in [-0.2, -0.15) is 71.8 Å². The Bertz CT molecular complexity index is 867. The Kier molecular flexibility index (Phi) is 13.2. The number of hydrogen-bond acceptors (Lipinski definition) is 0. The molecule has 0 bridgehead atoms. The molecule has 0 fully saturated rings. The Labute approximate surface area is 220 Å². The molecule has 4 rings (SSSR count). The average Bonchev–Trinajstić information content (AvgIpc) is 2.64. The van der Waals surface area contributed by atoms with Gasteiger partial charge in [-0.05, 0) is 34.7 Å². The smallest absolute Gasteiger partial charge is 0 e. The van der Waals surface area contributed by atoms with Crippen LogP contribution in [0.3, 0.4) is 0 Å². The topological polar surface area (TPSA) is 0 Å². The van der Waals surface area contributed by atoms with Crippen LogP contribution in [0.1, 0.15) is 22.3 Å². The van der Waals surface area contributed by atoms with E-state index in [0.29, 0.717) is 0 Å². The first-order valence-corrected chi connectivity index (χ1v) is 8.28. The van der Waals surface area contributed by atoms with Crippen LogP contribution in [0.5, 0.6) is 0 Å². The number of fused-ring (bicyclic) bond motifs is 1. The van der Waals surface area contributed by atoms with Gasteiger partial charge in [0.05, 0.1) is 0 Å². The zero-order chi connectivity index (χ0) is 16.2. The summed E-state index contributed by atoms with van der Waals surface area (Å²) >= 11 is 0. The van der Waals surface area contributed by atoms with Crippen LogP contribution < -0.4 is 0 Å². The molecule has 0 N–H and O–H groups in total. The second-order valence-corrected chi connectivity index (χ2v) is 6.19. The van der Waals surface area contributed by atoms with E-state index in [1.54, 1.807) is 0 Å². The van der Waals surface area contributed by atoms with E-state index in [4.69, 9.17) is 0 Å². The third-order valence-electron chi connectivity index (χ3n) is 4.36. The van der Waals surface area contributed by atoms with Gasteiger partial charge in [-0.25, -0.2) is 0 Å².